The number of ether oxygens (including phenoxy) is 2. The van der Waals surface area contributed by atoms with Crippen molar-refractivity contribution >= 4 is 22.4 Å². The first-order valence-electron chi connectivity index (χ1n) is 7.33. The lowest BCUT2D eigenvalue weighted by molar-refractivity contribution is 0.146. The second-order valence-corrected chi connectivity index (χ2v) is 7.21. The van der Waals surface area contributed by atoms with E-state index in [4.69, 9.17) is 15.2 Å². The van der Waals surface area contributed by atoms with Gasteiger partial charge in [-0.15, -0.1) is 12.4 Å². The molecule has 0 bridgehead atoms. The highest BCUT2D eigenvalue weighted by atomic mass is 35.5. The smallest absolute Gasteiger partial charge is 0.240 e. The lowest BCUT2D eigenvalue weighted by Crippen LogP contribution is -2.40. The Morgan fingerprint density at radius 1 is 1.17 bits per heavy atom. The monoisotopic (exact) mass is 366 g/mol. The molecule has 0 aliphatic heterocycles. The van der Waals surface area contributed by atoms with E-state index in [1.807, 2.05) is 13.8 Å². The number of halogens is 1. The minimum Gasteiger partial charge on any atom is -0.491 e. The molecule has 0 fully saturated rings. The van der Waals surface area contributed by atoms with Crippen molar-refractivity contribution in [2.75, 3.05) is 26.9 Å². The van der Waals surface area contributed by atoms with Crippen molar-refractivity contribution in [1.82, 2.24) is 4.72 Å². The molecule has 1 aromatic rings. The minimum absolute atomic E-state index is 0. The van der Waals surface area contributed by atoms with Gasteiger partial charge in [-0.25, -0.2) is 13.1 Å². The summed E-state index contributed by atoms with van der Waals surface area (Å²) in [7, 11) is -1.98. The maximum Gasteiger partial charge on any atom is 0.240 e. The second-order valence-electron chi connectivity index (χ2n) is 5.50. The van der Waals surface area contributed by atoms with Gasteiger partial charge in [-0.05, 0) is 36.6 Å². The highest BCUT2D eigenvalue weighted by molar-refractivity contribution is 7.89. The maximum atomic E-state index is 12.3. The van der Waals surface area contributed by atoms with Crippen LogP contribution in [0.1, 0.15) is 20.3 Å². The first-order valence-corrected chi connectivity index (χ1v) is 8.81. The zero-order valence-corrected chi connectivity index (χ0v) is 15.5. The van der Waals surface area contributed by atoms with Crippen molar-refractivity contribution in [1.29, 1.82) is 0 Å². The van der Waals surface area contributed by atoms with Crippen LogP contribution in [0.3, 0.4) is 0 Å². The topological polar surface area (TPSA) is 90.6 Å². The van der Waals surface area contributed by atoms with E-state index in [1.54, 1.807) is 19.2 Å². The Labute approximate surface area is 145 Å². The van der Waals surface area contributed by atoms with Gasteiger partial charge in [-0.1, -0.05) is 13.8 Å². The average molecular weight is 367 g/mol. The molecule has 0 saturated heterocycles. The van der Waals surface area contributed by atoms with Crippen LogP contribution >= 0.6 is 12.4 Å². The predicted octanol–water partition coefficient (Wildman–Crippen LogP) is 1.79. The van der Waals surface area contributed by atoms with Crippen LogP contribution in [0.25, 0.3) is 0 Å². The van der Waals surface area contributed by atoms with Crippen LogP contribution in [-0.4, -0.2) is 41.3 Å². The van der Waals surface area contributed by atoms with Gasteiger partial charge < -0.3 is 15.2 Å². The first-order chi connectivity index (χ1) is 10.4. The zero-order chi connectivity index (χ0) is 16.6. The summed E-state index contributed by atoms with van der Waals surface area (Å²) >= 11 is 0. The van der Waals surface area contributed by atoms with Crippen LogP contribution in [0, 0.1) is 5.92 Å². The third-order valence-electron chi connectivity index (χ3n) is 3.05. The highest BCUT2D eigenvalue weighted by Gasteiger charge is 2.20. The van der Waals surface area contributed by atoms with E-state index >= 15 is 0 Å². The van der Waals surface area contributed by atoms with Crippen LogP contribution < -0.4 is 15.2 Å². The largest absolute Gasteiger partial charge is 0.491 e. The van der Waals surface area contributed by atoms with Gasteiger partial charge in [-0.2, -0.15) is 0 Å². The van der Waals surface area contributed by atoms with Crippen LogP contribution in [-0.2, 0) is 14.8 Å². The summed E-state index contributed by atoms with van der Waals surface area (Å²) in [5.74, 6) is 0.973. The molecule has 3 N–H and O–H groups in total. The maximum absolute atomic E-state index is 12.3. The zero-order valence-electron chi connectivity index (χ0n) is 13.8. The predicted molar refractivity (Wildman–Crippen MR) is 93.7 cm³/mol. The lowest BCUT2D eigenvalue weighted by atomic mass is 10.1. The fraction of sp³-hybridized carbons (Fsp3) is 0.600. The van der Waals surface area contributed by atoms with E-state index in [-0.39, 0.29) is 29.9 Å². The van der Waals surface area contributed by atoms with Gasteiger partial charge in [-0.3, -0.25) is 0 Å². The summed E-state index contributed by atoms with van der Waals surface area (Å²) in [4.78, 5) is 0.203. The van der Waals surface area contributed by atoms with Crippen LogP contribution in [0.2, 0.25) is 0 Å². The number of nitrogens with one attached hydrogen (secondary N) is 1. The molecule has 0 radical (unpaired) electrons. The van der Waals surface area contributed by atoms with E-state index in [0.717, 1.165) is 0 Å². The molecule has 0 amide bonds. The Balaban J connectivity index is 0.00000484. The fourth-order valence-electron chi connectivity index (χ4n) is 2.01. The Morgan fingerprint density at radius 2 is 1.78 bits per heavy atom. The van der Waals surface area contributed by atoms with Gasteiger partial charge in [0.15, 0.2) is 0 Å². The molecule has 1 unspecified atom stereocenters. The molecule has 0 heterocycles. The standard InChI is InChI=1S/C15H26N2O4S.ClH/c1-12(2)10-13(11-16)17-22(18,19)15-6-4-14(5-7-15)21-9-8-20-3;/h4-7,12-13,17H,8-11,16H2,1-3H3;1H. The first kappa shape index (κ1) is 22.1. The average Bonchev–Trinajstić information content (AvgIpc) is 2.46. The number of methoxy groups -OCH3 is 1. The summed E-state index contributed by atoms with van der Waals surface area (Å²) < 4.78 is 37.6. The van der Waals surface area contributed by atoms with Crippen LogP contribution in [0.15, 0.2) is 29.2 Å². The third kappa shape index (κ3) is 7.99. The van der Waals surface area contributed by atoms with Crippen LogP contribution in [0.4, 0.5) is 0 Å². The molecule has 6 nitrogen and oxygen atoms in total. The Kier molecular flexibility index (Phi) is 10.4. The van der Waals surface area contributed by atoms with Gasteiger partial charge in [0, 0.05) is 19.7 Å². The number of hydrogen-bond acceptors (Lipinski definition) is 5. The summed E-state index contributed by atoms with van der Waals surface area (Å²) in [5.41, 5.74) is 5.64. The summed E-state index contributed by atoms with van der Waals surface area (Å²) in [5, 5.41) is 0. The molecule has 1 rings (SSSR count). The molecule has 0 saturated carbocycles. The number of benzene rings is 1. The highest BCUT2D eigenvalue weighted by Crippen LogP contribution is 2.17. The molecule has 0 aliphatic rings. The Hall–Kier alpha value is -0.860. The number of sulfonamides is 1. The van der Waals surface area contributed by atoms with Crippen molar-refractivity contribution in [3.63, 3.8) is 0 Å². The quantitative estimate of drug-likeness (QED) is 0.616. The molecule has 23 heavy (non-hydrogen) atoms. The molecular weight excluding hydrogens is 340 g/mol. The normalized spacial score (nSPS) is 12.7. The molecule has 1 atom stereocenters. The van der Waals surface area contributed by atoms with Gasteiger partial charge in [0.05, 0.1) is 11.5 Å². The molecular formula is C15H27ClN2O4S. The number of hydrogen-bond donors (Lipinski definition) is 2. The van der Waals surface area contributed by atoms with Gasteiger partial charge in [0.2, 0.25) is 10.0 Å². The lowest BCUT2D eigenvalue weighted by Gasteiger charge is -2.19. The summed E-state index contributed by atoms with van der Waals surface area (Å²) in [6, 6.07) is 6.04. The van der Waals surface area contributed by atoms with Crippen molar-refractivity contribution in [3.05, 3.63) is 24.3 Å². The third-order valence-corrected chi connectivity index (χ3v) is 4.59. The van der Waals surface area contributed by atoms with E-state index in [2.05, 4.69) is 4.72 Å². The van der Waals surface area contributed by atoms with Crippen molar-refractivity contribution in [3.8, 4) is 5.75 Å². The van der Waals surface area contributed by atoms with E-state index in [9.17, 15) is 8.42 Å². The van der Waals surface area contributed by atoms with E-state index in [1.165, 1.54) is 12.1 Å². The Morgan fingerprint density at radius 3 is 2.26 bits per heavy atom. The molecule has 8 heteroatoms. The Bertz CT molecular complexity index is 535. The second kappa shape index (κ2) is 10.8. The summed E-state index contributed by atoms with van der Waals surface area (Å²) in [6.07, 6.45) is 0.702. The minimum atomic E-state index is -3.57. The van der Waals surface area contributed by atoms with E-state index in [0.29, 0.717) is 31.3 Å². The molecule has 134 valence electrons. The molecule has 0 spiro atoms. The van der Waals surface area contributed by atoms with Gasteiger partial charge in [0.1, 0.15) is 12.4 Å². The van der Waals surface area contributed by atoms with Gasteiger partial charge in [0.25, 0.3) is 0 Å². The van der Waals surface area contributed by atoms with E-state index < -0.39 is 10.0 Å². The van der Waals surface area contributed by atoms with Gasteiger partial charge >= 0.3 is 0 Å². The molecule has 0 aromatic heterocycles. The SMILES string of the molecule is COCCOc1ccc(S(=O)(=O)NC(CN)CC(C)C)cc1.Cl. The molecule has 1 aromatic carbocycles. The number of nitrogens with two attached hydrogens (primary N) is 1. The van der Waals surface area contributed by atoms with Crippen molar-refractivity contribution in [2.24, 2.45) is 11.7 Å². The van der Waals surface area contributed by atoms with Crippen molar-refractivity contribution < 1.29 is 17.9 Å². The van der Waals surface area contributed by atoms with Crippen molar-refractivity contribution in [2.45, 2.75) is 31.2 Å². The fourth-order valence-corrected chi connectivity index (χ4v) is 3.27. The molecule has 0 aliphatic carbocycles. The van der Waals surface area contributed by atoms with Crippen LogP contribution in [0.5, 0.6) is 5.75 Å². The summed E-state index contributed by atoms with van der Waals surface area (Å²) in [6.45, 7) is 5.24. The number of rotatable bonds is 10.